The first-order chi connectivity index (χ1) is 18.7. The van der Waals surface area contributed by atoms with Crippen LogP contribution in [-0.2, 0) is 15.8 Å². The molecule has 0 atom stereocenters. The number of urea groups is 1. The topological polar surface area (TPSA) is 119 Å². The van der Waals surface area contributed by atoms with E-state index in [1.54, 1.807) is 13.0 Å². The second-order valence-electron chi connectivity index (χ2n) is 8.24. The Labute approximate surface area is 237 Å². The van der Waals surface area contributed by atoms with Crippen LogP contribution < -0.4 is 15.0 Å². The van der Waals surface area contributed by atoms with Crippen molar-refractivity contribution in [2.24, 2.45) is 0 Å². The number of carbonyl (C=O) groups excluding carboxylic acids is 3. The number of amides is 4. The maximum Gasteiger partial charge on any atom is 0.416 e. The van der Waals surface area contributed by atoms with E-state index in [1.165, 1.54) is 24.3 Å². The lowest BCUT2D eigenvalue weighted by Gasteiger charge is -2.26. The van der Waals surface area contributed by atoms with Crippen LogP contribution >= 0.6 is 34.8 Å². The lowest BCUT2D eigenvalue weighted by atomic mass is 10.1. The number of aryl methyl sites for hydroxylation is 1. The second-order valence-corrected chi connectivity index (χ2v) is 9.47. The average Bonchev–Trinajstić information content (AvgIpc) is 2.85. The number of imide groups is 2. The molecule has 4 rings (SSSR count). The monoisotopic (exact) mass is 613 g/mol. The van der Waals surface area contributed by atoms with E-state index >= 15 is 0 Å². The van der Waals surface area contributed by atoms with Crippen LogP contribution in [0.1, 0.15) is 16.7 Å². The van der Waals surface area contributed by atoms with Gasteiger partial charge in [-0.15, -0.1) is 0 Å². The summed E-state index contributed by atoms with van der Waals surface area (Å²) in [6.45, 7) is 1.72. The van der Waals surface area contributed by atoms with E-state index in [4.69, 9.17) is 39.5 Å². The quantitative estimate of drug-likeness (QED) is 0.139. The molecule has 3 aromatic rings. The highest BCUT2D eigenvalue weighted by Gasteiger charge is 2.37. The van der Waals surface area contributed by atoms with Crippen LogP contribution in [0, 0.1) is 17.0 Å². The summed E-state index contributed by atoms with van der Waals surface area (Å²) in [7, 11) is 0. The number of nitro groups is 1. The molecule has 0 aromatic heterocycles. The number of halogens is 6. The molecule has 40 heavy (non-hydrogen) atoms. The van der Waals surface area contributed by atoms with Crippen LogP contribution in [0.5, 0.6) is 11.5 Å². The third-order valence-corrected chi connectivity index (χ3v) is 6.51. The lowest BCUT2D eigenvalue weighted by Crippen LogP contribution is -2.54. The van der Waals surface area contributed by atoms with E-state index in [-0.39, 0.29) is 32.1 Å². The molecule has 9 nitrogen and oxygen atoms in total. The molecule has 1 saturated heterocycles. The van der Waals surface area contributed by atoms with Gasteiger partial charge in [0.1, 0.15) is 5.57 Å². The van der Waals surface area contributed by atoms with Crippen molar-refractivity contribution in [3.8, 4) is 11.5 Å². The molecular weight excluding hydrogens is 602 g/mol. The Morgan fingerprint density at radius 1 is 0.975 bits per heavy atom. The zero-order valence-electron chi connectivity index (χ0n) is 19.8. The summed E-state index contributed by atoms with van der Waals surface area (Å²) in [5, 5.41) is 13.2. The van der Waals surface area contributed by atoms with Gasteiger partial charge in [0.15, 0.2) is 5.75 Å². The van der Waals surface area contributed by atoms with E-state index in [0.29, 0.717) is 22.6 Å². The summed E-state index contributed by atoms with van der Waals surface area (Å²) in [4.78, 5) is 49.0. The van der Waals surface area contributed by atoms with Crippen molar-refractivity contribution in [3.63, 3.8) is 0 Å². The number of rotatable bonds is 5. The van der Waals surface area contributed by atoms with Gasteiger partial charge >= 0.3 is 17.9 Å². The standard InChI is InChI=1S/C25H13Cl3F3N3O6/c1-11-2-4-14(10-16(11)26)33-23(36)15(22(35)32-24(33)37)6-12-7-17(27)21(18(28)8-12)40-20-5-3-13(25(29,30)31)9-19(20)34(38)39/h2-10H,1H3,(H,32,35,37)/b15-6+. The summed E-state index contributed by atoms with van der Waals surface area (Å²) in [5.41, 5.74) is -1.82. The molecule has 15 heteroatoms. The summed E-state index contributed by atoms with van der Waals surface area (Å²) >= 11 is 18.6. The van der Waals surface area contributed by atoms with Crippen LogP contribution in [0.3, 0.4) is 0 Å². The zero-order chi connectivity index (χ0) is 29.5. The van der Waals surface area contributed by atoms with E-state index in [1.807, 2.05) is 5.32 Å². The van der Waals surface area contributed by atoms with Crippen molar-refractivity contribution < 1.29 is 37.2 Å². The van der Waals surface area contributed by atoms with Gasteiger partial charge in [0.25, 0.3) is 11.8 Å². The molecule has 0 aliphatic carbocycles. The third-order valence-electron chi connectivity index (χ3n) is 5.54. The van der Waals surface area contributed by atoms with Gasteiger partial charge < -0.3 is 4.74 Å². The first-order valence-electron chi connectivity index (χ1n) is 10.9. The van der Waals surface area contributed by atoms with Gasteiger partial charge in [-0.3, -0.25) is 25.0 Å². The molecule has 3 aromatic carbocycles. The second kappa shape index (κ2) is 10.8. The molecule has 0 bridgehead atoms. The first-order valence-corrected chi connectivity index (χ1v) is 12.0. The third kappa shape index (κ3) is 5.74. The van der Waals surface area contributed by atoms with Crippen molar-refractivity contribution in [1.82, 2.24) is 5.32 Å². The predicted molar refractivity (Wildman–Crippen MR) is 140 cm³/mol. The minimum Gasteiger partial charge on any atom is -0.447 e. The Kier molecular flexibility index (Phi) is 7.79. The highest BCUT2D eigenvalue weighted by atomic mass is 35.5. The molecule has 1 heterocycles. The predicted octanol–water partition coefficient (Wildman–Crippen LogP) is 7.34. The molecule has 4 amide bonds. The summed E-state index contributed by atoms with van der Waals surface area (Å²) in [5.74, 6) is -2.88. The van der Waals surface area contributed by atoms with Crippen LogP contribution in [0.25, 0.3) is 6.08 Å². The van der Waals surface area contributed by atoms with Crippen molar-refractivity contribution in [3.05, 3.63) is 96.0 Å². The maximum absolute atomic E-state index is 13.1. The molecule has 0 spiro atoms. The minimum absolute atomic E-state index is 0.0963. The fourth-order valence-electron chi connectivity index (χ4n) is 3.57. The Bertz CT molecular complexity index is 1620. The maximum atomic E-state index is 13.1. The highest BCUT2D eigenvalue weighted by Crippen LogP contribution is 2.42. The van der Waals surface area contributed by atoms with Crippen LogP contribution in [-0.4, -0.2) is 22.8 Å². The molecule has 1 fully saturated rings. The van der Waals surface area contributed by atoms with E-state index in [9.17, 15) is 37.7 Å². The fraction of sp³-hybridized carbons (Fsp3) is 0.0800. The molecule has 1 aliphatic rings. The number of anilines is 1. The van der Waals surface area contributed by atoms with Crippen molar-refractivity contribution >= 4 is 70.1 Å². The number of barbiturate groups is 1. The normalized spacial score (nSPS) is 14.9. The van der Waals surface area contributed by atoms with Crippen LogP contribution in [0.15, 0.2) is 54.1 Å². The highest BCUT2D eigenvalue weighted by molar-refractivity contribution is 6.40. The first kappa shape index (κ1) is 28.9. The summed E-state index contributed by atoms with van der Waals surface area (Å²) in [6.07, 6.45) is -3.74. The number of carbonyl (C=O) groups is 3. The Morgan fingerprint density at radius 3 is 2.20 bits per heavy atom. The Morgan fingerprint density at radius 2 is 1.62 bits per heavy atom. The number of ether oxygens (including phenoxy) is 1. The van der Waals surface area contributed by atoms with Crippen LogP contribution in [0.4, 0.5) is 29.3 Å². The van der Waals surface area contributed by atoms with Gasteiger partial charge in [0.05, 0.1) is 26.2 Å². The Balaban J connectivity index is 1.69. The van der Waals surface area contributed by atoms with Crippen LogP contribution in [0.2, 0.25) is 15.1 Å². The molecule has 1 N–H and O–H groups in total. The van der Waals surface area contributed by atoms with E-state index in [0.717, 1.165) is 12.1 Å². The number of nitro benzene ring substituents is 1. The van der Waals surface area contributed by atoms with Crippen molar-refractivity contribution in [2.45, 2.75) is 13.1 Å². The van der Waals surface area contributed by atoms with Crippen molar-refractivity contribution in [2.75, 3.05) is 4.90 Å². The lowest BCUT2D eigenvalue weighted by molar-refractivity contribution is -0.385. The minimum atomic E-state index is -4.83. The molecule has 206 valence electrons. The van der Waals surface area contributed by atoms with Gasteiger partial charge in [0.2, 0.25) is 5.75 Å². The number of hydrogen-bond acceptors (Lipinski definition) is 6. The molecule has 0 saturated carbocycles. The Hall–Kier alpha value is -4.13. The average molecular weight is 615 g/mol. The summed E-state index contributed by atoms with van der Waals surface area (Å²) in [6, 6.07) is 7.45. The van der Waals surface area contributed by atoms with Gasteiger partial charge in [0, 0.05) is 11.1 Å². The number of nitrogens with one attached hydrogen (secondary N) is 1. The zero-order valence-corrected chi connectivity index (χ0v) is 22.1. The SMILES string of the molecule is Cc1ccc(N2C(=O)NC(=O)/C(=C\c3cc(Cl)c(Oc4ccc(C(F)(F)F)cc4[N+](=O)[O-])c(Cl)c3)C2=O)cc1Cl. The number of nitrogens with zero attached hydrogens (tertiary/aromatic N) is 2. The number of alkyl halides is 3. The van der Waals surface area contributed by atoms with Gasteiger partial charge in [-0.1, -0.05) is 40.9 Å². The molecule has 0 unspecified atom stereocenters. The molecule has 1 aliphatic heterocycles. The van der Waals surface area contributed by atoms with Gasteiger partial charge in [-0.25, -0.2) is 9.69 Å². The van der Waals surface area contributed by atoms with Gasteiger partial charge in [-0.05, 0) is 60.5 Å². The summed E-state index contributed by atoms with van der Waals surface area (Å²) < 4.78 is 44.4. The van der Waals surface area contributed by atoms with E-state index in [2.05, 4.69) is 0 Å². The van der Waals surface area contributed by atoms with E-state index < -0.39 is 51.5 Å². The fourth-order valence-corrected chi connectivity index (χ4v) is 4.33. The van der Waals surface area contributed by atoms with Crippen molar-refractivity contribution in [1.29, 1.82) is 0 Å². The number of benzene rings is 3. The number of hydrogen-bond donors (Lipinski definition) is 1. The molecular formula is C25H13Cl3F3N3O6. The molecule has 0 radical (unpaired) electrons. The largest absolute Gasteiger partial charge is 0.447 e. The van der Waals surface area contributed by atoms with Gasteiger partial charge in [-0.2, -0.15) is 13.2 Å². The smallest absolute Gasteiger partial charge is 0.416 e.